The van der Waals surface area contributed by atoms with Crippen LogP contribution < -0.4 is 0 Å². The molecule has 0 amide bonds. The van der Waals surface area contributed by atoms with Gasteiger partial charge in [0.05, 0.1) is 12.2 Å². The van der Waals surface area contributed by atoms with E-state index >= 15 is 0 Å². The molecule has 2 atom stereocenters. The maximum absolute atomic E-state index is 4.96. The van der Waals surface area contributed by atoms with Crippen molar-refractivity contribution in [2.24, 2.45) is 0 Å². The fourth-order valence-electron chi connectivity index (χ4n) is 0.303. The molecule has 1 saturated heterocycles. The zero-order valence-electron chi connectivity index (χ0n) is 4.38. The summed E-state index contributed by atoms with van der Waals surface area (Å²) in [4.78, 5) is 0. The molecule has 3 heteroatoms. The minimum absolute atomic E-state index is 0.255. The van der Waals surface area contributed by atoms with E-state index in [1.54, 1.807) is 0 Å². The van der Waals surface area contributed by atoms with E-state index in [-0.39, 0.29) is 12.2 Å². The summed E-state index contributed by atoms with van der Waals surface area (Å²) in [6.07, 6.45) is 0.509. The van der Waals surface area contributed by atoms with Gasteiger partial charge in [-0.2, -0.15) is 0 Å². The summed E-state index contributed by atoms with van der Waals surface area (Å²) in [5.41, 5.74) is 0. The molecular weight excluding hydrogens is 112 g/mol. The average molecular weight is 120 g/mol. The first-order valence-corrected chi connectivity index (χ1v) is 2.96. The van der Waals surface area contributed by atoms with Crippen molar-refractivity contribution in [3.05, 3.63) is 0 Å². The Kier molecular flexibility index (Phi) is 1.57. The van der Waals surface area contributed by atoms with E-state index in [2.05, 4.69) is 0 Å². The molecule has 1 rings (SSSR count). The van der Waals surface area contributed by atoms with Crippen molar-refractivity contribution >= 4 is 12.3 Å². The summed E-state index contributed by atoms with van der Waals surface area (Å²) in [6, 6.07) is 0. The van der Waals surface area contributed by atoms with Gasteiger partial charge in [-0.25, -0.2) is 0 Å². The molecule has 0 aromatic carbocycles. The highest BCUT2D eigenvalue weighted by Gasteiger charge is 2.21. The molecule has 2 nitrogen and oxygen atoms in total. The largest absolute Gasteiger partial charge is 0.286 e. The molecule has 0 aromatic rings. The first-order valence-electron chi connectivity index (χ1n) is 2.29. The Balaban J connectivity index is 2.33. The van der Waals surface area contributed by atoms with Crippen LogP contribution in [0.5, 0.6) is 0 Å². The zero-order valence-corrected chi connectivity index (χ0v) is 5.20. The summed E-state index contributed by atoms with van der Waals surface area (Å²) in [6.45, 7) is 3.98. The minimum Gasteiger partial charge on any atom is -0.286 e. The molecular formula is C4H8O2S. The van der Waals surface area contributed by atoms with Crippen molar-refractivity contribution < 1.29 is 8.37 Å². The Hall–Kier alpha value is 0.270. The Morgan fingerprint density at radius 1 is 1.14 bits per heavy atom. The minimum atomic E-state index is 0.255. The van der Waals surface area contributed by atoms with Crippen molar-refractivity contribution in [2.45, 2.75) is 26.1 Å². The lowest BCUT2D eigenvalue weighted by molar-refractivity contribution is 0.187. The van der Waals surface area contributed by atoms with Crippen molar-refractivity contribution in [1.29, 1.82) is 0 Å². The molecule has 0 aromatic heterocycles. The average Bonchev–Trinajstić information content (AvgIpc) is 1.91. The van der Waals surface area contributed by atoms with E-state index in [1.807, 2.05) is 13.8 Å². The smallest absolute Gasteiger partial charge is 0.159 e. The van der Waals surface area contributed by atoms with Crippen LogP contribution in [-0.4, -0.2) is 12.2 Å². The molecule has 0 bridgehead atoms. The quantitative estimate of drug-likeness (QED) is 0.450. The fourth-order valence-corrected chi connectivity index (χ4v) is 0.909. The lowest BCUT2D eigenvalue weighted by atomic mass is 10.3. The Bertz CT molecular complexity index is 58.7. The summed E-state index contributed by atoms with van der Waals surface area (Å²) < 4.78 is 9.92. The number of hydrogen-bond acceptors (Lipinski definition) is 3. The second kappa shape index (κ2) is 2.03. The summed E-state index contributed by atoms with van der Waals surface area (Å²) >= 11 is 1.09. The van der Waals surface area contributed by atoms with Gasteiger partial charge in [0.25, 0.3) is 0 Å². The molecule has 1 aliphatic heterocycles. The van der Waals surface area contributed by atoms with Gasteiger partial charge in [-0.1, -0.05) is 0 Å². The van der Waals surface area contributed by atoms with Crippen LogP contribution in [0.25, 0.3) is 0 Å². The Morgan fingerprint density at radius 3 is 1.71 bits per heavy atom. The van der Waals surface area contributed by atoms with E-state index in [1.165, 1.54) is 0 Å². The first-order chi connectivity index (χ1) is 3.30. The maximum atomic E-state index is 4.96. The van der Waals surface area contributed by atoms with E-state index in [9.17, 15) is 0 Å². The van der Waals surface area contributed by atoms with E-state index in [4.69, 9.17) is 8.37 Å². The molecule has 42 valence electrons. The van der Waals surface area contributed by atoms with Crippen molar-refractivity contribution in [3.8, 4) is 0 Å². The molecule has 1 unspecified atom stereocenters. The monoisotopic (exact) mass is 120 g/mol. The molecule has 1 fully saturated rings. The normalized spacial score (nSPS) is 42.0. The van der Waals surface area contributed by atoms with E-state index in [0.717, 1.165) is 12.3 Å². The first kappa shape index (κ1) is 5.41. The lowest BCUT2D eigenvalue weighted by Crippen LogP contribution is -2.13. The van der Waals surface area contributed by atoms with Gasteiger partial charge < -0.3 is 0 Å². The molecule has 0 saturated carbocycles. The lowest BCUT2D eigenvalue weighted by Gasteiger charge is -1.99. The number of rotatable bonds is 0. The zero-order chi connectivity index (χ0) is 5.28. The van der Waals surface area contributed by atoms with Crippen LogP contribution >= 0.6 is 12.3 Å². The topological polar surface area (TPSA) is 18.5 Å². The van der Waals surface area contributed by atoms with E-state index in [0.29, 0.717) is 0 Å². The maximum Gasteiger partial charge on any atom is 0.159 e. The van der Waals surface area contributed by atoms with Crippen molar-refractivity contribution in [1.82, 2.24) is 0 Å². The van der Waals surface area contributed by atoms with E-state index < -0.39 is 0 Å². The molecule has 0 spiro atoms. The number of hydrogen-bond donors (Lipinski definition) is 0. The van der Waals surface area contributed by atoms with Crippen LogP contribution in [0, 0.1) is 0 Å². The predicted octanol–water partition coefficient (Wildman–Crippen LogP) is 1.37. The van der Waals surface area contributed by atoms with Gasteiger partial charge in [0.15, 0.2) is 12.3 Å². The molecule has 1 heterocycles. The van der Waals surface area contributed by atoms with Crippen molar-refractivity contribution in [2.75, 3.05) is 0 Å². The van der Waals surface area contributed by atoms with Gasteiger partial charge in [0.2, 0.25) is 0 Å². The highest BCUT2D eigenvalue weighted by Crippen LogP contribution is 2.24. The molecule has 1 aliphatic rings. The van der Waals surface area contributed by atoms with Gasteiger partial charge >= 0.3 is 0 Å². The highest BCUT2D eigenvalue weighted by molar-refractivity contribution is 7.90. The molecule has 0 aliphatic carbocycles. The third-order valence-corrected chi connectivity index (χ3v) is 1.81. The molecule has 0 radical (unpaired) electrons. The van der Waals surface area contributed by atoms with Crippen LogP contribution in [0.4, 0.5) is 0 Å². The SMILES string of the molecule is CC1OSO[C@@H]1C. The summed E-state index contributed by atoms with van der Waals surface area (Å²) in [5.74, 6) is 0. The Labute approximate surface area is 47.6 Å². The van der Waals surface area contributed by atoms with Crippen LogP contribution in [0.15, 0.2) is 0 Å². The van der Waals surface area contributed by atoms with Gasteiger partial charge in [-0.15, -0.1) is 0 Å². The van der Waals surface area contributed by atoms with Gasteiger partial charge in [0.1, 0.15) is 0 Å². The van der Waals surface area contributed by atoms with Crippen LogP contribution in [0.3, 0.4) is 0 Å². The van der Waals surface area contributed by atoms with Crippen molar-refractivity contribution in [3.63, 3.8) is 0 Å². The van der Waals surface area contributed by atoms with Crippen LogP contribution in [0.1, 0.15) is 13.8 Å². The molecule has 7 heavy (non-hydrogen) atoms. The van der Waals surface area contributed by atoms with Crippen LogP contribution in [0.2, 0.25) is 0 Å². The van der Waals surface area contributed by atoms with Gasteiger partial charge in [-0.05, 0) is 13.8 Å². The highest BCUT2D eigenvalue weighted by atomic mass is 32.2. The second-order valence-electron chi connectivity index (χ2n) is 1.67. The Morgan fingerprint density at radius 2 is 1.57 bits per heavy atom. The molecule has 0 N–H and O–H groups in total. The predicted molar refractivity (Wildman–Crippen MR) is 28.7 cm³/mol. The summed E-state index contributed by atoms with van der Waals surface area (Å²) in [7, 11) is 0. The third-order valence-electron chi connectivity index (χ3n) is 1.04. The summed E-state index contributed by atoms with van der Waals surface area (Å²) in [5, 5.41) is 0. The fraction of sp³-hybridized carbons (Fsp3) is 1.00. The third kappa shape index (κ3) is 1.08. The second-order valence-corrected chi connectivity index (χ2v) is 2.19. The standard InChI is InChI=1S/C4H8O2S/c1-3-4(2)6-7-5-3/h3-4H,1-2H3/t3-,4?/m1/s1. The van der Waals surface area contributed by atoms with Crippen LogP contribution in [-0.2, 0) is 8.37 Å². The van der Waals surface area contributed by atoms with Gasteiger partial charge in [0, 0.05) is 0 Å². The van der Waals surface area contributed by atoms with Gasteiger partial charge in [-0.3, -0.25) is 8.37 Å².